The summed E-state index contributed by atoms with van der Waals surface area (Å²) in [5.41, 5.74) is 10.4. The molecule has 0 aliphatic heterocycles. The van der Waals surface area contributed by atoms with E-state index in [4.69, 9.17) is 36.6 Å². The Labute approximate surface area is 257 Å². The van der Waals surface area contributed by atoms with Crippen LogP contribution in [0.4, 0.5) is 0 Å². The number of aliphatic hydroxyl groups excluding tert-OH is 2. The lowest BCUT2D eigenvalue weighted by Crippen LogP contribution is -2.17. The summed E-state index contributed by atoms with van der Waals surface area (Å²) in [5.74, 6) is 1.47. The number of fused-ring (bicyclic) bond motifs is 1. The van der Waals surface area contributed by atoms with Crippen molar-refractivity contribution in [2.45, 2.75) is 40.5 Å². The molecule has 0 unspecified atom stereocenters. The first kappa shape index (κ1) is 30.7. The number of pyridine rings is 1. The summed E-state index contributed by atoms with van der Waals surface area (Å²) in [7, 11) is 0. The molecule has 5 aromatic rings. The average Bonchev–Trinajstić information content (AvgIpc) is 3.43. The fourth-order valence-electron chi connectivity index (χ4n) is 5.27. The van der Waals surface area contributed by atoms with Gasteiger partial charge in [-0.3, -0.25) is 0 Å². The molecule has 43 heavy (non-hydrogen) atoms. The Morgan fingerprint density at radius 1 is 0.814 bits per heavy atom. The maximum Gasteiger partial charge on any atom is 0.182 e. The Bertz CT molecular complexity index is 1720. The predicted octanol–water partition coefficient (Wildman–Crippen LogP) is 5.38. The zero-order valence-corrected chi connectivity index (χ0v) is 25.6. The van der Waals surface area contributed by atoms with Gasteiger partial charge in [0.1, 0.15) is 12.4 Å². The number of nitrogens with zero attached hydrogens (tertiary/aromatic N) is 3. The van der Waals surface area contributed by atoms with Crippen LogP contribution < -0.4 is 15.4 Å². The molecule has 8 nitrogen and oxygen atoms in total. The molecule has 2 heterocycles. The number of ether oxygens (including phenoxy) is 1. The first-order valence-electron chi connectivity index (χ1n) is 14.5. The number of aromatic nitrogens is 3. The molecule has 0 fully saturated rings. The Kier molecular flexibility index (Phi) is 10.1. The van der Waals surface area contributed by atoms with Crippen LogP contribution in [0.25, 0.3) is 28.2 Å². The van der Waals surface area contributed by atoms with Crippen LogP contribution in [0.3, 0.4) is 0 Å². The van der Waals surface area contributed by atoms with E-state index in [9.17, 15) is 0 Å². The highest BCUT2D eigenvalue weighted by Gasteiger charge is 2.17. The number of hydrogen-bond acceptors (Lipinski definition) is 7. The molecule has 0 amide bonds. The molecule has 0 spiro atoms. The van der Waals surface area contributed by atoms with Gasteiger partial charge in [-0.15, -0.1) is 5.10 Å². The third kappa shape index (κ3) is 7.06. The SMILES string of the molecule is Cc1cc(CNCCO)ccc1OCc1cccc(-c2cccc(-c3nc4c(Cl)cc(CNCCO)cn4n3)c2C)c1C. The van der Waals surface area contributed by atoms with Crippen LogP contribution in [0.1, 0.15) is 33.4 Å². The Balaban J connectivity index is 1.38. The Hall–Kier alpha value is -3.79. The molecule has 0 saturated carbocycles. The molecule has 224 valence electrons. The van der Waals surface area contributed by atoms with E-state index in [1.54, 1.807) is 4.52 Å². The van der Waals surface area contributed by atoms with E-state index in [0.29, 0.717) is 49.3 Å². The predicted molar refractivity (Wildman–Crippen MR) is 171 cm³/mol. The van der Waals surface area contributed by atoms with E-state index in [2.05, 4.69) is 67.8 Å². The van der Waals surface area contributed by atoms with Crippen LogP contribution in [0.15, 0.2) is 66.9 Å². The van der Waals surface area contributed by atoms with Crippen molar-refractivity contribution in [3.05, 3.63) is 105 Å². The van der Waals surface area contributed by atoms with Gasteiger partial charge in [0.2, 0.25) is 0 Å². The standard InChI is InChI=1S/C34H38ClN5O3/c1-22-16-25(18-36-12-14-41)10-11-32(22)43-21-27-6-4-7-28(23(27)2)29-8-5-9-30(24(29)3)33-38-34-31(35)17-26(19-37-13-15-42)20-40(34)39-33/h4-11,16-17,20,36-37,41-42H,12-15,18-19,21H2,1-3H3. The van der Waals surface area contributed by atoms with Gasteiger partial charge < -0.3 is 25.6 Å². The van der Waals surface area contributed by atoms with Crippen molar-refractivity contribution in [1.29, 1.82) is 0 Å². The number of aliphatic hydroxyl groups is 2. The molecule has 0 atom stereocenters. The minimum absolute atomic E-state index is 0.0767. The summed E-state index contributed by atoms with van der Waals surface area (Å²) < 4.78 is 8.00. The topological polar surface area (TPSA) is 104 Å². The summed E-state index contributed by atoms with van der Waals surface area (Å²) in [6, 6.07) is 20.6. The molecule has 0 aliphatic carbocycles. The summed E-state index contributed by atoms with van der Waals surface area (Å²) in [6.07, 6.45) is 1.92. The number of aryl methyl sites for hydroxylation is 1. The summed E-state index contributed by atoms with van der Waals surface area (Å²) >= 11 is 6.57. The fraction of sp³-hybridized carbons (Fsp3) is 0.294. The number of benzene rings is 3. The zero-order valence-electron chi connectivity index (χ0n) is 24.8. The van der Waals surface area contributed by atoms with Gasteiger partial charge in [-0.25, -0.2) is 9.50 Å². The second kappa shape index (κ2) is 14.1. The smallest absolute Gasteiger partial charge is 0.182 e. The molecule has 3 aromatic carbocycles. The van der Waals surface area contributed by atoms with E-state index in [1.165, 1.54) is 0 Å². The first-order chi connectivity index (χ1) is 20.9. The van der Waals surface area contributed by atoms with E-state index >= 15 is 0 Å². The molecular formula is C34H38ClN5O3. The van der Waals surface area contributed by atoms with Gasteiger partial charge in [0.05, 0.1) is 18.2 Å². The van der Waals surface area contributed by atoms with Crippen molar-refractivity contribution in [3.63, 3.8) is 0 Å². The highest BCUT2D eigenvalue weighted by molar-refractivity contribution is 6.33. The quantitative estimate of drug-likeness (QED) is 0.135. The lowest BCUT2D eigenvalue weighted by molar-refractivity contribution is 0.291. The van der Waals surface area contributed by atoms with Gasteiger partial charge in [-0.05, 0) is 77.4 Å². The Morgan fingerprint density at radius 2 is 1.49 bits per heavy atom. The summed E-state index contributed by atoms with van der Waals surface area (Å²) in [5, 5.41) is 29.7. The van der Waals surface area contributed by atoms with Gasteiger partial charge in [0.25, 0.3) is 0 Å². The zero-order chi connectivity index (χ0) is 30.3. The molecule has 2 aromatic heterocycles. The van der Waals surface area contributed by atoms with Crippen molar-refractivity contribution in [2.24, 2.45) is 0 Å². The average molecular weight is 600 g/mol. The van der Waals surface area contributed by atoms with E-state index in [1.807, 2.05) is 30.5 Å². The fourth-order valence-corrected chi connectivity index (χ4v) is 5.54. The molecular weight excluding hydrogens is 562 g/mol. The number of rotatable bonds is 13. The molecule has 4 N–H and O–H groups in total. The minimum atomic E-state index is 0.0767. The van der Waals surface area contributed by atoms with E-state index in [0.717, 1.165) is 55.8 Å². The maximum absolute atomic E-state index is 9.05. The van der Waals surface area contributed by atoms with Crippen LogP contribution >= 0.6 is 11.6 Å². The molecule has 0 aliphatic rings. The van der Waals surface area contributed by atoms with Gasteiger partial charge in [0, 0.05) is 37.9 Å². The third-order valence-electron chi connectivity index (χ3n) is 7.61. The molecule has 0 bridgehead atoms. The summed E-state index contributed by atoms with van der Waals surface area (Å²) in [4.78, 5) is 4.78. The van der Waals surface area contributed by atoms with Crippen molar-refractivity contribution in [2.75, 3.05) is 26.3 Å². The number of halogens is 1. The normalized spacial score (nSPS) is 11.4. The van der Waals surface area contributed by atoms with E-state index in [-0.39, 0.29) is 13.2 Å². The third-order valence-corrected chi connectivity index (χ3v) is 7.89. The van der Waals surface area contributed by atoms with Crippen molar-refractivity contribution in [3.8, 4) is 28.3 Å². The Morgan fingerprint density at radius 3 is 2.21 bits per heavy atom. The van der Waals surface area contributed by atoms with Gasteiger partial charge >= 0.3 is 0 Å². The van der Waals surface area contributed by atoms with Crippen LogP contribution in [-0.4, -0.2) is 51.1 Å². The van der Waals surface area contributed by atoms with Gasteiger partial charge in [-0.2, -0.15) is 0 Å². The number of hydrogen-bond donors (Lipinski definition) is 4. The number of nitrogens with one attached hydrogen (secondary N) is 2. The lowest BCUT2D eigenvalue weighted by atomic mass is 9.91. The van der Waals surface area contributed by atoms with Crippen LogP contribution in [0, 0.1) is 20.8 Å². The second-order valence-corrected chi connectivity index (χ2v) is 11.1. The van der Waals surface area contributed by atoms with Gasteiger partial charge in [-0.1, -0.05) is 60.1 Å². The van der Waals surface area contributed by atoms with Crippen LogP contribution in [0.5, 0.6) is 5.75 Å². The van der Waals surface area contributed by atoms with E-state index < -0.39 is 0 Å². The molecule has 9 heteroatoms. The van der Waals surface area contributed by atoms with Crippen molar-refractivity contribution < 1.29 is 14.9 Å². The van der Waals surface area contributed by atoms with Crippen LogP contribution in [-0.2, 0) is 19.7 Å². The minimum Gasteiger partial charge on any atom is -0.489 e. The first-order valence-corrected chi connectivity index (χ1v) is 14.9. The van der Waals surface area contributed by atoms with Crippen molar-refractivity contribution in [1.82, 2.24) is 25.2 Å². The monoisotopic (exact) mass is 599 g/mol. The van der Waals surface area contributed by atoms with Gasteiger partial charge in [0.15, 0.2) is 11.5 Å². The van der Waals surface area contributed by atoms with Crippen LogP contribution in [0.2, 0.25) is 5.02 Å². The highest BCUT2D eigenvalue weighted by atomic mass is 35.5. The summed E-state index contributed by atoms with van der Waals surface area (Å²) in [6.45, 7) is 9.33. The molecule has 0 radical (unpaired) electrons. The second-order valence-electron chi connectivity index (χ2n) is 10.7. The lowest BCUT2D eigenvalue weighted by Gasteiger charge is -2.16. The molecule has 5 rings (SSSR count). The molecule has 0 saturated heterocycles. The highest BCUT2D eigenvalue weighted by Crippen LogP contribution is 2.34. The largest absolute Gasteiger partial charge is 0.489 e. The van der Waals surface area contributed by atoms with Crippen molar-refractivity contribution >= 4 is 17.2 Å². The maximum atomic E-state index is 9.05.